The van der Waals surface area contributed by atoms with Crippen LogP contribution in [0.15, 0.2) is 53.9 Å². The van der Waals surface area contributed by atoms with Gasteiger partial charge in [-0.3, -0.25) is 4.79 Å². The largest absolute Gasteiger partial charge is 0.497 e. The molecule has 1 amide bonds. The molecule has 6 nitrogen and oxygen atoms in total. The number of quaternary nitrogens is 1. The highest BCUT2D eigenvalue weighted by atomic mass is 32.1. The number of anilines is 2. The second kappa shape index (κ2) is 9.28. The first-order valence-electron chi connectivity index (χ1n) is 10.2. The van der Waals surface area contributed by atoms with Gasteiger partial charge in [0.2, 0.25) is 0 Å². The lowest BCUT2D eigenvalue weighted by Crippen LogP contribution is -3.15. The summed E-state index contributed by atoms with van der Waals surface area (Å²) in [6.45, 7) is 6.16. The van der Waals surface area contributed by atoms with E-state index in [-0.39, 0.29) is 5.91 Å². The molecule has 0 atom stereocenters. The summed E-state index contributed by atoms with van der Waals surface area (Å²) in [5.74, 6) is 0.908. The van der Waals surface area contributed by atoms with Crippen LogP contribution >= 0.6 is 11.3 Å². The van der Waals surface area contributed by atoms with E-state index in [1.165, 1.54) is 4.90 Å². The van der Waals surface area contributed by atoms with Gasteiger partial charge in [0.05, 0.1) is 39.0 Å². The fourth-order valence-electron chi connectivity index (χ4n) is 3.65. The molecule has 156 valence electrons. The number of nitrogens with one attached hydrogen (secondary N) is 2. The van der Waals surface area contributed by atoms with Crippen LogP contribution in [0.4, 0.5) is 10.8 Å². The second-order valence-corrected chi connectivity index (χ2v) is 8.36. The number of carbonyl (C=O) groups is 1. The predicted molar refractivity (Wildman–Crippen MR) is 122 cm³/mol. The van der Waals surface area contributed by atoms with Crippen LogP contribution in [0.3, 0.4) is 0 Å². The molecule has 1 fully saturated rings. The summed E-state index contributed by atoms with van der Waals surface area (Å²) in [5.41, 5.74) is 4.02. The van der Waals surface area contributed by atoms with Crippen molar-refractivity contribution < 1.29 is 14.4 Å². The van der Waals surface area contributed by atoms with Gasteiger partial charge in [0.15, 0.2) is 11.7 Å². The molecule has 1 aromatic heterocycles. The second-order valence-electron chi connectivity index (χ2n) is 7.52. The third-order valence-corrected chi connectivity index (χ3v) is 6.33. The van der Waals surface area contributed by atoms with Crippen molar-refractivity contribution in [2.75, 3.05) is 50.1 Å². The molecule has 0 spiro atoms. The van der Waals surface area contributed by atoms with Crippen LogP contribution in [0.2, 0.25) is 0 Å². The van der Waals surface area contributed by atoms with E-state index in [0.717, 1.165) is 59.6 Å². The molecule has 30 heavy (non-hydrogen) atoms. The molecule has 7 heteroatoms. The predicted octanol–water partition coefficient (Wildman–Crippen LogP) is 2.47. The topological polar surface area (TPSA) is 58.9 Å². The first-order valence-corrected chi connectivity index (χ1v) is 11.0. The van der Waals surface area contributed by atoms with E-state index in [4.69, 9.17) is 9.72 Å². The van der Waals surface area contributed by atoms with Crippen molar-refractivity contribution in [3.05, 3.63) is 59.5 Å². The summed E-state index contributed by atoms with van der Waals surface area (Å²) in [5, 5.41) is 6.17. The molecule has 0 bridgehead atoms. The average molecular weight is 424 g/mol. The fourth-order valence-corrected chi connectivity index (χ4v) is 4.54. The maximum atomic E-state index is 12.4. The SMILES string of the molecule is COc1cccc(-c2csc(N3CC[NH+](CC(=O)Nc4ccccc4C)CC3)n2)c1. The third-order valence-electron chi connectivity index (χ3n) is 5.43. The molecule has 1 aliphatic heterocycles. The van der Waals surface area contributed by atoms with Crippen molar-refractivity contribution in [1.29, 1.82) is 0 Å². The number of ether oxygens (including phenoxy) is 1. The lowest BCUT2D eigenvalue weighted by atomic mass is 10.2. The number of para-hydroxylation sites is 1. The van der Waals surface area contributed by atoms with Gasteiger partial charge in [-0.05, 0) is 30.7 Å². The molecule has 1 saturated heterocycles. The van der Waals surface area contributed by atoms with Gasteiger partial charge in [-0.2, -0.15) is 0 Å². The molecule has 2 heterocycles. The molecular weight excluding hydrogens is 396 g/mol. The van der Waals surface area contributed by atoms with Gasteiger partial charge in [0.25, 0.3) is 5.91 Å². The number of carbonyl (C=O) groups excluding carboxylic acids is 1. The van der Waals surface area contributed by atoms with E-state index in [2.05, 4.69) is 21.7 Å². The molecule has 0 aliphatic carbocycles. The molecule has 2 aromatic carbocycles. The first-order chi connectivity index (χ1) is 14.6. The van der Waals surface area contributed by atoms with E-state index in [1.54, 1.807) is 18.4 Å². The number of aryl methyl sites for hydroxylation is 1. The summed E-state index contributed by atoms with van der Waals surface area (Å²) < 4.78 is 5.32. The van der Waals surface area contributed by atoms with Crippen molar-refractivity contribution in [2.24, 2.45) is 0 Å². The quantitative estimate of drug-likeness (QED) is 0.640. The number of aromatic nitrogens is 1. The molecular formula is C23H27N4O2S+. The van der Waals surface area contributed by atoms with E-state index in [9.17, 15) is 4.79 Å². The van der Waals surface area contributed by atoms with Gasteiger partial charge in [-0.25, -0.2) is 4.98 Å². The number of hydrogen-bond donors (Lipinski definition) is 2. The van der Waals surface area contributed by atoms with Crippen LogP contribution in [-0.4, -0.2) is 50.7 Å². The highest BCUT2D eigenvalue weighted by Crippen LogP contribution is 2.29. The Morgan fingerprint density at radius 2 is 2.00 bits per heavy atom. The summed E-state index contributed by atoms with van der Waals surface area (Å²) in [6.07, 6.45) is 0. The number of methoxy groups -OCH3 is 1. The van der Waals surface area contributed by atoms with Gasteiger partial charge in [-0.15, -0.1) is 11.3 Å². The summed E-state index contributed by atoms with van der Waals surface area (Å²) >= 11 is 1.67. The molecule has 0 unspecified atom stereocenters. The number of piperazine rings is 1. The molecule has 2 N–H and O–H groups in total. The van der Waals surface area contributed by atoms with Crippen molar-refractivity contribution in [3.63, 3.8) is 0 Å². The molecule has 0 saturated carbocycles. The Balaban J connectivity index is 1.31. The molecule has 0 radical (unpaired) electrons. The van der Waals surface area contributed by atoms with Gasteiger partial charge < -0.3 is 19.9 Å². The standard InChI is InChI=1S/C23H26N4O2S/c1-17-6-3-4-9-20(17)24-22(28)15-26-10-12-27(13-11-26)23-25-21(16-30-23)18-7-5-8-19(14-18)29-2/h3-9,14,16H,10-13,15H2,1-2H3,(H,24,28)/p+1. The Bertz CT molecular complexity index is 1010. The zero-order valence-corrected chi connectivity index (χ0v) is 18.2. The van der Waals surface area contributed by atoms with Crippen molar-refractivity contribution in [3.8, 4) is 17.0 Å². The Morgan fingerprint density at radius 3 is 2.77 bits per heavy atom. The normalized spacial score (nSPS) is 14.5. The average Bonchev–Trinajstić information content (AvgIpc) is 3.26. The van der Waals surface area contributed by atoms with Crippen LogP contribution in [0.5, 0.6) is 5.75 Å². The molecule has 4 rings (SSSR count). The highest BCUT2D eigenvalue weighted by Gasteiger charge is 2.24. The lowest BCUT2D eigenvalue weighted by molar-refractivity contribution is -0.892. The van der Waals surface area contributed by atoms with Gasteiger partial charge in [0, 0.05) is 16.6 Å². The lowest BCUT2D eigenvalue weighted by Gasteiger charge is -2.31. The first kappa shape index (κ1) is 20.4. The maximum absolute atomic E-state index is 12.4. The monoisotopic (exact) mass is 423 g/mol. The fraction of sp³-hybridized carbons (Fsp3) is 0.304. The van der Waals surface area contributed by atoms with Crippen LogP contribution in [0.25, 0.3) is 11.3 Å². The van der Waals surface area contributed by atoms with E-state index in [1.807, 2.05) is 49.4 Å². The number of rotatable bonds is 6. The minimum absolute atomic E-state index is 0.0716. The molecule has 1 aliphatic rings. The number of nitrogens with zero attached hydrogens (tertiary/aromatic N) is 2. The third kappa shape index (κ3) is 4.80. The van der Waals surface area contributed by atoms with Gasteiger partial charge in [0.1, 0.15) is 5.75 Å². The molecule has 3 aromatic rings. The zero-order valence-electron chi connectivity index (χ0n) is 17.4. The maximum Gasteiger partial charge on any atom is 0.279 e. The number of hydrogen-bond acceptors (Lipinski definition) is 5. The number of benzene rings is 2. The van der Waals surface area contributed by atoms with Crippen LogP contribution in [0, 0.1) is 6.92 Å². The van der Waals surface area contributed by atoms with Crippen LogP contribution < -0.4 is 19.9 Å². The van der Waals surface area contributed by atoms with Crippen molar-refractivity contribution in [1.82, 2.24) is 4.98 Å². The summed E-state index contributed by atoms with van der Waals surface area (Å²) in [7, 11) is 1.68. The Labute approximate surface area is 181 Å². The summed E-state index contributed by atoms with van der Waals surface area (Å²) in [4.78, 5) is 20.9. The zero-order chi connectivity index (χ0) is 20.9. The van der Waals surface area contributed by atoms with E-state index in [0.29, 0.717) is 6.54 Å². The number of amides is 1. The Morgan fingerprint density at radius 1 is 1.20 bits per heavy atom. The van der Waals surface area contributed by atoms with E-state index < -0.39 is 0 Å². The smallest absolute Gasteiger partial charge is 0.279 e. The Kier molecular flexibility index (Phi) is 6.30. The minimum atomic E-state index is 0.0716. The van der Waals surface area contributed by atoms with Crippen molar-refractivity contribution in [2.45, 2.75) is 6.92 Å². The van der Waals surface area contributed by atoms with E-state index >= 15 is 0 Å². The van der Waals surface area contributed by atoms with Crippen LogP contribution in [-0.2, 0) is 4.79 Å². The highest BCUT2D eigenvalue weighted by molar-refractivity contribution is 7.14. The number of thiazole rings is 1. The summed E-state index contributed by atoms with van der Waals surface area (Å²) in [6, 6.07) is 15.9. The minimum Gasteiger partial charge on any atom is -0.497 e. The van der Waals surface area contributed by atoms with Crippen molar-refractivity contribution >= 4 is 28.1 Å². The Hall–Kier alpha value is -2.90. The van der Waals surface area contributed by atoms with Gasteiger partial charge in [-0.1, -0.05) is 30.3 Å². The van der Waals surface area contributed by atoms with Gasteiger partial charge >= 0.3 is 0 Å². The van der Waals surface area contributed by atoms with Crippen LogP contribution in [0.1, 0.15) is 5.56 Å².